The molecule has 0 aliphatic carbocycles. The van der Waals surface area contributed by atoms with E-state index in [2.05, 4.69) is 0 Å². The highest BCUT2D eigenvalue weighted by atomic mass is 16.5. The summed E-state index contributed by atoms with van der Waals surface area (Å²) in [7, 11) is -2.17. The van der Waals surface area contributed by atoms with E-state index in [1.165, 1.54) is 0 Å². The van der Waals surface area contributed by atoms with E-state index in [1.54, 1.807) is 0 Å². The van der Waals surface area contributed by atoms with E-state index >= 15 is 0 Å². The van der Waals surface area contributed by atoms with Crippen LogP contribution in [0.15, 0.2) is 0 Å². The van der Waals surface area contributed by atoms with E-state index in [1.807, 2.05) is 0 Å². The van der Waals surface area contributed by atoms with Crippen LogP contribution in [0, 0.1) is 0 Å². The smallest absolute Gasteiger partial charge is 0.481 e. The molecule has 33 heavy (non-hydrogen) atoms. The number of carboxylic acids is 7. The summed E-state index contributed by atoms with van der Waals surface area (Å²) in [5.41, 5.74) is -2.74. The minimum absolute atomic E-state index is 1.14. The lowest BCUT2D eigenvalue weighted by atomic mass is 9.96. The van der Waals surface area contributed by atoms with Crippen LogP contribution < -0.4 is 0 Å². The van der Waals surface area contributed by atoms with Crippen molar-refractivity contribution in [2.24, 2.45) is 0 Å². The molecule has 21 heteroatoms. The van der Waals surface area contributed by atoms with Gasteiger partial charge in [0.15, 0.2) is 17.8 Å². The molecule has 0 aromatic rings. The Bertz CT molecular complexity index is 650. The molecule has 2 unspecified atom stereocenters. The van der Waals surface area contributed by atoms with Crippen molar-refractivity contribution in [3.05, 3.63) is 0 Å². The Hall–Kier alpha value is -3.89. The highest BCUT2D eigenvalue weighted by molar-refractivity contribution is 6.30. The molecule has 0 saturated carbocycles. The summed E-state index contributed by atoms with van der Waals surface area (Å²) >= 11 is 0. The van der Waals surface area contributed by atoms with Crippen LogP contribution in [0.4, 0.5) is 0 Å². The van der Waals surface area contributed by atoms with Crippen molar-refractivity contribution in [3.63, 3.8) is 0 Å². The molecule has 0 aliphatic rings. The molecule has 0 amide bonds. The number of aliphatic carboxylic acids is 7. The molecule has 0 radical (unpaired) electrons. The summed E-state index contributed by atoms with van der Waals surface area (Å²) in [6, 6.07) is 0. The van der Waals surface area contributed by atoms with Crippen LogP contribution in [0.25, 0.3) is 0 Å². The van der Waals surface area contributed by atoms with Crippen molar-refractivity contribution in [3.8, 4) is 0 Å². The third-order valence-electron chi connectivity index (χ3n) is 2.27. The standard InChI is InChI=1S/C6H8O7.C4H6O6.C2H2O4.BH3O3/c7-3(8)1-6(13,5(11)12)2-4(9)10;5-1(3(7)8)2(6)4(9)10;3-1(4)2(5)6;2-1(3)4/h13H,1-2H2,(H,7,8)(H,9,10)(H,11,12);1-2,5-6H,(H,7,8)(H,9,10);(H,3,4)(H,5,6);2-4H. The van der Waals surface area contributed by atoms with Gasteiger partial charge in [0.25, 0.3) is 0 Å². The molecule has 2 atom stereocenters. The average molecular weight is 494 g/mol. The van der Waals surface area contributed by atoms with Gasteiger partial charge in [0.2, 0.25) is 0 Å². The monoisotopic (exact) mass is 494 g/mol. The second-order valence-corrected chi connectivity index (χ2v) is 5.00. The first-order valence-corrected chi connectivity index (χ1v) is 7.33. The first-order chi connectivity index (χ1) is 14.6. The van der Waals surface area contributed by atoms with Crippen LogP contribution >= 0.6 is 0 Å². The lowest BCUT2D eigenvalue weighted by Crippen LogP contribution is -2.42. The van der Waals surface area contributed by atoms with Gasteiger partial charge in [0.1, 0.15) is 0 Å². The minimum atomic E-state index is -2.74. The van der Waals surface area contributed by atoms with Gasteiger partial charge in [-0.15, -0.1) is 0 Å². The predicted molar refractivity (Wildman–Crippen MR) is 92.1 cm³/mol. The Morgan fingerprint density at radius 2 is 0.818 bits per heavy atom. The van der Waals surface area contributed by atoms with Crippen LogP contribution in [0.1, 0.15) is 12.8 Å². The number of rotatable bonds is 8. The van der Waals surface area contributed by atoms with E-state index in [0.29, 0.717) is 0 Å². The third-order valence-corrected chi connectivity index (χ3v) is 2.27. The van der Waals surface area contributed by atoms with Crippen LogP contribution in [-0.2, 0) is 33.6 Å². The van der Waals surface area contributed by atoms with Gasteiger partial charge < -0.3 is 66.1 Å². The molecule has 0 heterocycles. The fraction of sp³-hybridized carbons (Fsp3) is 0.417. The van der Waals surface area contributed by atoms with Crippen LogP contribution in [-0.4, -0.2) is 133 Å². The molecule has 0 aliphatic heterocycles. The molecule has 0 aromatic heterocycles. The lowest BCUT2D eigenvalue weighted by Gasteiger charge is -2.18. The van der Waals surface area contributed by atoms with Crippen molar-refractivity contribution >= 4 is 49.1 Å². The maximum Gasteiger partial charge on any atom is 0.631 e. The first kappa shape index (κ1) is 36.5. The number of carboxylic acid groups (broad SMARTS) is 7. The van der Waals surface area contributed by atoms with Crippen molar-refractivity contribution in [2.45, 2.75) is 30.7 Å². The van der Waals surface area contributed by atoms with E-state index < -0.39 is 79.8 Å². The largest absolute Gasteiger partial charge is 0.631 e. The quantitative estimate of drug-likeness (QED) is 0.110. The number of hydrogen-bond acceptors (Lipinski definition) is 13. The van der Waals surface area contributed by atoms with Crippen molar-refractivity contribution in [1.29, 1.82) is 0 Å². The van der Waals surface area contributed by atoms with Gasteiger partial charge >= 0.3 is 49.1 Å². The van der Waals surface area contributed by atoms with Gasteiger partial charge in [0.05, 0.1) is 12.8 Å². The summed E-state index contributed by atoms with van der Waals surface area (Å²) < 4.78 is 0. The van der Waals surface area contributed by atoms with Crippen LogP contribution in [0.2, 0.25) is 0 Å². The second kappa shape index (κ2) is 17.8. The van der Waals surface area contributed by atoms with Gasteiger partial charge in [-0.25, -0.2) is 24.0 Å². The Kier molecular flexibility index (Phi) is 19.6. The fourth-order valence-electron chi connectivity index (χ4n) is 0.984. The van der Waals surface area contributed by atoms with E-state index in [0.717, 1.165) is 0 Å². The molecule has 0 bridgehead atoms. The second-order valence-electron chi connectivity index (χ2n) is 5.00. The van der Waals surface area contributed by atoms with E-state index in [9.17, 15) is 24.0 Å². The third kappa shape index (κ3) is 24.3. The van der Waals surface area contributed by atoms with Crippen LogP contribution in [0.5, 0.6) is 0 Å². The number of hydrogen-bond donors (Lipinski definition) is 13. The Labute approximate surface area is 180 Å². The van der Waals surface area contributed by atoms with Crippen LogP contribution in [0.3, 0.4) is 0 Å². The Balaban J connectivity index is -0.000000186. The molecule has 0 fully saturated rings. The Morgan fingerprint density at radius 3 is 0.909 bits per heavy atom. The normalized spacial score (nSPS) is 11.2. The zero-order valence-electron chi connectivity index (χ0n) is 15.8. The average Bonchev–Trinajstić information content (AvgIpc) is 2.59. The molecule has 0 saturated heterocycles. The highest BCUT2D eigenvalue weighted by Gasteiger charge is 2.40. The molecule has 20 nitrogen and oxygen atoms in total. The summed E-state index contributed by atoms with van der Waals surface area (Å²) in [5, 5.41) is 103. The molecule has 13 N–H and O–H groups in total. The maximum atomic E-state index is 10.3. The van der Waals surface area contributed by atoms with Crippen molar-refractivity contribution < 1.29 is 99.7 Å². The number of aliphatic hydroxyl groups is 3. The highest BCUT2D eigenvalue weighted by Crippen LogP contribution is 2.15. The summed E-state index contributed by atoms with van der Waals surface area (Å²) in [5.74, 6) is -12.2. The molecular formula is C12H19BO20. The van der Waals surface area contributed by atoms with Crippen molar-refractivity contribution in [1.82, 2.24) is 0 Å². The number of aliphatic hydroxyl groups excluding tert-OH is 2. The van der Waals surface area contributed by atoms with E-state index in [-0.39, 0.29) is 0 Å². The molecule has 190 valence electrons. The maximum absolute atomic E-state index is 10.3. The Morgan fingerprint density at radius 1 is 0.606 bits per heavy atom. The minimum Gasteiger partial charge on any atom is -0.481 e. The molecular weight excluding hydrogens is 475 g/mol. The molecule has 0 rings (SSSR count). The summed E-state index contributed by atoms with van der Waals surface area (Å²) in [6.45, 7) is 0. The van der Waals surface area contributed by atoms with Gasteiger partial charge in [-0.1, -0.05) is 0 Å². The number of carbonyl (C=O) groups is 7. The SMILES string of the molecule is O=C(O)C(=O)O.O=C(O)C(O)C(O)C(=O)O.O=C(O)CC(O)(CC(=O)O)C(=O)O.OB(O)O. The fourth-order valence-corrected chi connectivity index (χ4v) is 0.984. The zero-order chi connectivity index (χ0) is 27.7. The predicted octanol–water partition coefficient (Wildman–Crippen LogP) is -6.27. The zero-order valence-corrected chi connectivity index (χ0v) is 15.8. The van der Waals surface area contributed by atoms with Gasteiger partial charge in [-0.2, -0.15) is 0 Å². The topological polar surface area (TPSA) is 382 Å². The van der Waals surface area contributed by atoms with Gasteiger partial charge in [0, 0.05) is 0 Å². The van der Waals surface area contributed by atoms with Gasteiger partial charge in [-0.3, -0.25) is 9.59 Å². The first-order valence-electron chi connectivity index (χ1n) is 7.33. The summed E-state index contributed by atoms with van der Waals surface area (Å²) in [6.07, 6.45) is -6.82. The molecule has 0 aromatic carbocycles. The molecule has 0 spiro atoms. The van der Waals surface area contributed by atoms with Gasteiger partial charge in [-0.05, 0) is 0 Å². The van der Waals surface area contributed by atoms with Crippen molar-refractivity contribution in [2.75, 3.05) is 0 Å². The summed E-state index contributed by atoms with van der Waals surface area (Å²) in [4.78, 5) is 68.2. The van der Waals surface area contributed by atoms with E-state index in [4.69, 9.17) is 75.7 Å². The lowest BCUT2D eigenvalue weighted by molar-refractivity contribution is -0.170.